The third-order valence-electron chi connectivity index (χ3n) is 4.33. The Kier molecular flexibility index (Phi) is 5.94. The molecule has 6 heteroatoms. The quantitative estimate of drug-likeness (QED) is 0.657. The summed E-state index contributed by atoms with van der Waals surface area (Å²) in [6.45, 7) is 5.56. The first kappa shape index (κ1) is 20.9. The fourth-order valence-electron chi connectivity index (χ4n) is 2.65. The topological polar surface area (TPSA) is 39.1 Å². The van der Waals surface area contributed by atoms with Gasteiger partial charge in [0, 0.05) is 11.5 Å². The number of carbonyl (C=O) groups is 1. The molecule has 0 aliphatic carbocycles. The lowest BCUT2D eigenvalue weighted by Crippen LogP contribution is -2.32. The van der Waals surface area contributed by atoms with Crippen LogP contribution < -0.4 is 14.8 Å². The van der Waals surface area contributed by atoms with Gasteiger partial charge in [-0.1, -0.05) is 45.0 Å². The van der Waals surface area contributed by atoms with Crippen LogP contribution in [0.4, 0.5) is 8.78 Å². The van der Waals surface area contributed by atoms with E-state index >= 15 is 0 Å². The highest BCUT2D eigenvalue weighted by molar-refractivity contribution is 7.07. The molecule has 0 bridgehead atoms. The van der Waals surface area contributed by atoms with Gasteiger partial charge in [-0.05, 0) is 41.5 Å². The van der Waals surface area contributed by atoms with Gasteiger partial charge in [-0.25, -0.2) is 8.78 Å². The monoisotopic (exact) mass is 413 g/mol. The molecule has 150 valence electrons. The highest BCUT2D eigenvalue weighted by atomic mass is 32.1. The molecule has 3 nitrogen and oxygen atoms in total. The summed E-state index contributed by atoms with van der Waals surface area (Å²) in [5, 5.41) is 0. The zero-order chi connectivity index (χ0) is 21.2. The molecular weight excluding hydrogens is 392 g/mol. The van der Waals surface area contributed by atoms with Crippen molar-refractivity contribution in [3.63, 3.8) is 0 Å². The fourth-order valence-corrected chi connectivity index (χ4v) is 3.69. The summed E-state index contributed by atoms with van der Waals surface area (Å²) < 4.78 is 29.1. The molecule has 29 heavy (non-hydrogen) atoms. The van der Waals surface area contributed by atoms with Crippen molar-refractivity contribution in [1.29, 1.82) is 0 Å². The number of thiazole rings is 1. The molecular formula is C23H21F2NO2S. The van der Waals surface area contributed by atoms with Gasteiger partial charge in [0.15, 0.2) is 5.78 Å². The van der Waals surface area contributed by atoms with Crippen molar-refractivity contribution in [1.82, 2.24) is 4.57 Å². The van der Waals surface area contributed by atoms with Crippen LogP contribution in [0.3, 0.4) is 0 Å². The Hall–Kier alpha value is -2.86. The number of aromatic nitrogens is 1. The van der Waals surface area contributed by atoms with Crippen molar-refractivity contribution in [3.8, 4) is 0 Å². The minimum absolute atomic E-state index is 0.111. The van der Waals surface area contributed by atoms with Crippen LogP contribution >= 0.6 is 11.3 Å². The summed E-state index contributed by atoms with van der Waals surface area (Å²) in [5.74, 6) is -0.859. The Morgan fingerprint density at radius 1 is 1.07 bits per heavy atom. The largest absolute Gasteiger partial charge is 0.294 e. The average molecular weight is 413 g/mol. The second-order valence-electron chi connectivity index (χ2n) is 7.78. The summed E-state index contributed by atoms with van der Waals surface area (Å²) in [7, 11) is 0. The average Bonchev–Trinajstić information content (AvgIpc) is 2.92. The maximum absolute atomic E-state index is 13.6. The first-order valence-corrected chi connectivity index (χ1v) is 9.93. The summed E-state index contributed by atoms with van der Waals surface area (Å²) >= 11 is 1.18. The first-order valence-electron chi connectivity index (χ1n) is 9.11. The highest BCUT2D eigenvalue weighted by Crippen LogP contribution is 2.15. The first-order chi connectivity index (χ1) is 13.6. The molecule has 0 saturated heterocycles. The molecule has 0 aliphatic heterocycles. The van der Waals surface area contributed by atoms with Crippen LogP contribution in [0.5, 0.6) is 0 Å². The van der Waals surface area contributed by atoms with Crippen molar-refractivity contribution in [2.24, 2.45) is 5.41 Å². The molecule has 0 fully saturated rings. The maximum atomic E-state index is 13.6. The number of carbonyl (C=O) groups excluding carboxylic acids is 1. The smallest absolute Gasteiger partial charge is 0.269 e. The van der Waals surface area contributed by atoms with Crippen LogP contribution in [0.15, 0.2) is 53.3 Å². The van der Waals surface area contributed by atoms with E-state index in [0.717, 1.165) is 0 Å². The van der Waals surface area contributed by atoms with Crippen LogP contribution in [0.2, 0.25) is 0 Å². The van der Waals surface area contributed by atoms with Gasteiger partial charge in [-0.3, -0.25) is 14.2 Å². The molecule has 0 radical (unpaired) electrons. The van der Waals surface area contributed by atoms with Gasteiger partial charge in [-0.15, -0.1) is 11.3 Å². The number of ketones is 1. The van der Waals surface area contributed by atoms with Gasteiger partial charge in [0.25, 0.3) is 5.56 Å². The van der Waals surface area contributed by atoms with Gasteiger partial charge in [0.05, 0.1) is 11.1 Å². The summed E-state index contributed by atoms with van der Waals surface area (Å²) in [6.07, 6.45) is 3.13. The molecule has 2 aromatic carbocycles. The van der Waals surface area contributed by atoms with Gasteiger partial charge < -0.3 is 0 Å². The molecule has 1 aromatic heterocycles. The van der Waals surface area contributed by atoms with Crippen LogP contribution in [0.25, 0.3) is 12.2 Å². The number of benzene rings is 2. The van der Waals surface area contributed by atoms with Gasteiger partial charge in [0.1, 0.15) is 16.3 Å². The molecule has 0 unspecified atom stereocenters. The number of halogens is 2. The van der Waals surface area contributed by atoms with Crippen molar-refractivity contribution in [3.05, 3.63) is 90.8 Å². The highest BCUT2D eigenvalue weighted by Gasteiger charge is 2.19. The zero-order valence-corrected chi connectivity index (χ0v) is 17.2. The van der Waals surface area contributed by atoms with Crippen molar-refractivity contribution in [2.45, 2.75) is 27.3 Å². The number of hydrogen-bond donors (Lipinski definition) is 0. The number of Topliss-reactive ketones (excluding diaryl/α,β-unsaturated/α-hetero) is 1. The van der Waals surface area contributed by atoms with Crippen LogP contribution in [0, 0.1) is 17.0 Å². The molecule has 3 rings (SSSR count). The van der Waals surface area contributed by atoms with E-state index in [-0.39, 0.29) is 29.5 Å². The van der Waals surface area contributed by atoms with Crippen molar-refractivity contribution >= 4 is 29.3 Å². The van der Waals surface area contributed by atoms with E-state index in [0.29, 0.717) is 20.3 Å². The Morgan fingerprint density at radius 3 is 2.38 bits per heavy atom. The van der Waals surface area contributed by atoms with Crippen LogP contribution in [-0.2, 0) is 11.3 Å². The van der Waals surface area contributed by atoms with E-state index in [1.165, 1.54) is 46.2 Å². The Bertz CT molecular complexity index is 1220. The van der Waals surface area contributed by atoms with Crippen molar-refractivity contribution < 1.29 is 13.6 Å². The van der Waals surface area contributed by atoms with E-state index in [1.54, 1.807) is 51.1 Å². The minimum Gasteiger partial charge on any atom is -0.294 e. The molecule has 0 amide bonds. The van der Waals surface area contributed by atoms with E-state index in [2.05, 4.69) is 0 Å². The lowest BCUT2D eigenvalue weighted by Gasteiger charge is -2.13. The Morgan fingerprint density at radius 2 is 1.76 bits per heavy atom. The van der Waals surface area contributed by atoms with E-state index in [4.69, 9.17) is 0 Å². The number of hydrogen-bond acceptors (Lipinski definition) is 3. The minimum atomic E-state index is -0.593. The van der Waals surface area contributed by atoms with E-state index in [9.17, 15) is 18.4 Å². The zero-order valence-electron chi connectivity index (χ0n) is 16.4. The summed E-state index contributed by atoms with van der Waals surface area (Å²) in [4.78, 5) is 25.6. The lowest BCUT2D eigenvalue weighted by atomic mass is 9.91. The van der Waals surface area contributed by atoms with Crippen LogP contribution in [-0.4, -0.2) is 10.4 Å². The van der Waals surface area contributed by atoms with Gasteiger partial charge in [-0.2, -0.15) is 0 Å². The van der Waals surface area contributed by atoms with E-state index < -0.39 is 5.41 Å². The maximum Gasteiger partial charge on any atom is 0.269 e. The predicted octanol–water partition coefficient (Wildman–Crippen LogP) is 3.46. The van der Waals surface area contributed by atoms with Gasteiger partial charge >= 0.3 is 0 Å². The third kappa shape index (κ3) is 5.15. The lowest BCUT2D eigenvalue weighted by molar-refractivity contribution is -0.120. The molecule has 0 aliphatic rings. The summed E-state index contributed by atoms with van der Waals surface area (Å²) in [5.41, 5.74) is 0.425. The number of nitrogens with zero attached hydrogens (tertiary/aromatic N) is 1. The summed E-state index contributed by atoms with van der Waals surface area (Å²) in [6, 6.07) is 11.8. The molecule has 3 aromatic rings. The fraction of sp³-hybridized carbons (Fsp3) is 0.217. The molecule has 1 heterocycles. The standard InChI is InChI=1S/C23H21F2NO2S/c1-23(2,3)20(27)13-21-26(14-16-5-4-6-18(25)11-16)22(28)19(29-21)12-15-7-9-17(24)10-8-15/h4-13H,14H2,1-3H3/b19-12+,21-13+. The molecule has 0 N–H and O–H groups in total. The second-order valence-corrected chi connectivity index (χ2v) is 8.84. The predicted molar refractivity (Wildman–Crippen MR) is 112 cm³/mol. The van der Waals surface area contributed by atoms with E-state index in [1.807, 2.05) is 0 Å². The number of rotatable bonds is 4. The van der Waals surface area contributed by atoms with Crippen molar-refractivity contribution in [2.75, 3.05) is 0 Å². The molecule has 0 spiro atoms. The third-order valence-corrected chi connectivity index (χ3v) is 5.39. The van der Waals surface area contributed by atoms with Crippen LogP contribution in [0.1, 0.15) is 31.9 Å². The second kappa shape index (κ2) is 8.25. The SMILES string of the molecule is CC(C)(C)C(=O)/C=c1/s/c(=C/c2ccc(F)cc2)c(=O)n1Cc1cccc(F)c1. The Labute approximate surface area is 171 Å². The van der Waals surface area contributed by atoms with Gasteiger partial charge in [0.2, 0.25) is 0 Å². The molecule has 0 saturated carbocycles. The molecule has 0 atom stereocenters. The normalized spacial score (nSPS) is 13.1. The Balaban J connectivity index is 2.17.